The van der Waals surface area contributed by atoms with Crippen molar-refractivity contribution < 1.29 is 35.9 Å². The lowest BCUT2D eigenvalue weighted by molar-refractivity contribution is -0.138. The number of anilines is 1. The predicted octanol–water partition coefficient (Wildman–Crippen LogP) is 15.0. The highest BCUT2D eigenvalue weighted by molar-refractivity contribution is 6.36. The lowest BCUT2D eigenvalue weighted by atomic mass is 9.84. The fourth-order valence-corrected chi connectivity index (χ4v) is 9.33. The Labute approximate surface area is 364 Å². The second kappa shape index (κ2) is 15.1. The first-order chi connectivity index (χ1) is 30.6. The molecule has 0 fully saturated rings. The van der Waals surface area contributed by atoms with Crippen molar-refractivity contribution in [3.8, 4) is 55.6 Å². The molecule has 0 atom stereocenters. The molecule has 2 aliphatic rings. The van der Waals surface area contributed by atoms with Gasteiger partial charge < -0.3 is 0 Å². The molecular weight excluding hydrogens is 821 g/mol. The molecule has 0 N–H and O–H groups in total. The van der Waals surface area contributed by atoms with E-state index < -0.39 is 41.2 Å². The van der Waals surface area contributed by atoms with E-state index in [2.05, 4.69) is 0 Å². The molecule has 0 saturated carbocycles. The SMILES string of the molecule is Cc1cc(-c2ccc3c(c2)-c2cc(-c4cc(C)cc(C(F)(F)F)c4)ccc2C3c2cccc3c2C(=O)N(c2ccc(-c4ccccc4)cc2-c2ccccc2)C3=O)cc(C(F)(F)F)c1. The Morgan fingerprint density at radius 1 is 0.391 bits per heavy atom. The maximum absolute atomic E-state index is 15.0. The topological polar surface area (TPSA) is 37.4 Å². The average molecular weight is 856 g/mol. The number of amides is 2. The Bertz CT molecular complexity index is 3090. The lowest BCUT2D eigenvalue weighted by Gasteiger charge is -2.21. The fraction of sp³-hybridized carbons (Fsp3) is 0.0909. The quantitative estimate of drug-likeness (QED) is 0.123. The van der Waals surface area contributed by atoms with Crippen LogP contribution in [0.5, 0.6) is 0 Å². The molecule has 0 radical (unpaired) electrons. The molecule has 0 spiro atoms. The van der Waals surface area contributed by atoms with E-state index in [9.17, 15) is 31.1 Å². The summed E-state index contributed by atoms with van der Waals surface area (Å²) in [5.74, 6) is -1.63. The number of aryl methyl sites for hydroxylation is 2. The molecule has 1 aliphatic heterocycles. The number of halogens is 6. The number of nitrogens with zero attached hydrogens (tertiary/aromatic N) is 1. The summed E-state index contributed by atoms with van der Waals surface area (Å²) in [5.41, 5.74) is 8.45. The molecule has 8 aromatic carbocycles. The highest BCUT2D eigenvalue weighted by Crippen LogP contribution is 2.53. The number of carbonyl (C=O) groups is 2. The summed E-state index contributed by atoms with van der Waals surface area (Å²) in [6.45, 7) is 3.19. The van der Waals surface area contributed by atoms with Crippen molar-refractivity contribution in [2.45, 2.75) is 32.1 Å². The standard InChI is InChI=1S/C55H35F6NO2/c1-31-22-38(26-40(24-31)54(56,57)58)36-16-19-42-47(29-36)48-30-37(39-23-32(2)25-41(27-39)55(59,60)61)17-20-43(48)50(42)44-14-9-15-45-51(44)53(64)62(52(45)63)49-21-18-35(33-10-5-3-6-11-33)28-46(49)34-12-7-4-8-13-34/h3-30,50H,1-2H3. The van der Waals surface area contributed by atoms with Crippen LogP contribution in [0.4, 0.5) is 32.0 Å². The van der Waals surface area contributed by atoms with Crippen LogP contribution in [0.15, 0.2) is 170 Å². The van der Waals surface area contributed by atoms with E-state index in [1.807, 2.05) is 91.0 Å². The summed E-state index contributed by atoms with van der Waals surface area (Å²) in [6, 6.07) is 48.6. The van der Waals surface area contributed by atoms with Crippen molar-refractivity contribution in [2.75, 3.05) is 4.90 Å². The van der Waals surface area contributed by atoms with Gasteiger partial charge in [0.1, 0.15) is 0 Å². The zero-order chi connectivity index (χ0) is 44.7. The number of imide groups is 1. The number of alkyl halides is 6. The molecule has 0 unspecified atom stereocenters. The number of fused-ring (bicyclic) bond motifs is 4. The van der Waals surface area contributed by atoms with Gasteiger partial charge in [0.25, 0.3) is 11.8 Å². The molecule has 3 nitrogen and oxygen atoms in total. The van der Waals surface area contributed by atoms with Crippen LogP contribution < -0.4 is 4.90 Å². The van der Waals surface area contributed by atoms with Crippen molar-refractivity contribution in [1.82, 2.24) is 0 Å². The molecule has 0 aromatic heterocycles. The predicted molar refractivity (Wildman–Crippen MR) is 238 cm³/mol. The van der Waals surface area contributed by atoms with Crippen LogP contribution in [0.2, 0.25) is 0 Å². The smallest absolute Gasteiger partial charge is 0.268 e. The van der Waals surface area contributed by atoms with Crippen LogP contribution in [0.1, 0.15) is 65.6 Å². The minimum atomic E-state index is -4.58. The molecule has 1 heterocycles. The maximum Gasteiger partial charge on any atom is 0.416 e. The van der Waals surface area contributed by atoms with Gasteiger partial charge in [0, 0.05) is 11.5 Å². The van der Waals surface area contributed by atoms with E-state index in [-0.39, 0.29) is 11.1 Å². The van der Waals surface area contributed by atoms with E-state index in [0.717, 1.165) is 52.1 Å². The highest BCUT2D eigenvalue weighted by Gasteiger charge is 2.43. The zero-order valence-electron chi connectivity index (χ0n) is 34.3. The minimum Gasteiger partial charge on any atom is -0.268 e. The minimum absolute atomic E-state index is 0.218. The van der Waals surface area contributed by atoms with Crippen LogP contribution in [0.25, 0.3) is 55.6 Å². The second-order valence-electron chi connectivity index (χ2n) is 16.4. The second-order valence-corrected chi connectivity index (χ2v) is 16.4. The van der Waals surface area contributed by atoms with Gasteiger partial charge in [-0.25, -0.2) is 4.90 Å². The van der Waals surface area contributed by atoms with Crippen molar-refractivity contribution >= 4 is 17.5 Å². The number of hydrogen-bond acceptors (Lipinski definition) is 2. The number of rotatable bonds is 6. The summed E-state index contributed by atoms with van der Waals surface area (Å²) < 4.78 is 84.2. The molecule has 1 aliphatic carbocycles. The third-order valence-electron chi connectivity index (χ3n) is 12.2. The van der Waals surface area contributed by atoms with Gasteiger partial charge in [-0.05, 0) is 146 Å². The Kier molecular flexibility index (Phi) is 9.56. The van der Waals surface area contributed by atoms with Crippen molar-refractivity contribution in [3.05, 3.63) is 220 Å². The van der Waals surface area contributed by atoms with Gasteiger partial charge in [0.05, 0.1) is 27.9 Å². The largest absolute Gasteiger partial charge is 0.416 e. The summed E-state index contributed by atoms with van der Waals surface area (Å²) in [4.78, 5) is 30.9. The first kappa shape index (κ1) is 40.5. The van der Waals surface area contributed by atoms with Crippen LogP contribution in [-0.4, -0.2) is 11.8 Å². The molecule has 0 bridgehead atoms. The third kappa shape index (κ3) is 6.97. The molecule has 8 aromatic rings. The number of hydrogen-bond donors (Lipinski definition) is 0. The summed E-state index contributed by atoms with van der Waals surface area (Å²) in [6.07, 6.45) is -9.16. The van der Waals surface area contributed by atoms with E-state index in [4.69, 9.17) is 0 Å². The third-order valence-corrected chi connectivity index (χ3v) is 12.2. The van der Waals surface area contributed by atoms with Crippen LogP contribution in [0.3, 0.4) is 0 Å². The Balaban J connectivity index is 1.14. The van der Waals surface area contributed by atoms with Gasteiger partial charge >= 0.3 is 12.4 Å². The lowest BCUT2D eigenvalue weighted by Crippen LogP contribution is -2.30. The molecule has 314 valence electrons. The summed E-state index contributed by atoms with van der Waals surface area (Å²) >= 11 is 0. The molecule has 0 saturated heterocycles. The van der Waals surface area contributed by atoms with Gasteiger partial charge in [0.15, 0.2) is 0 Å². The Morgan fingerprint density at radius 3 is 1.41 bits per heavy atom. The molecule has 9 heteroatoms. The molecule has 10 rings (SSSR count). The molecular formula is C55H35F6NO2. The summed E-state index contributed by atoms with van der Waals surface area (Å²) in [5, 5.41) is 0. The van der Waals surface area contributed by atoms with E-state index in [1.165, 1.54) is 4.90 Å². The van der Waals surface area contributed by atoms with E-state index in [0.29, 0.717) is 61.3 Å². The fourth-order valence-electron chi connectivity index (χ4n) is 9.33. The number of carbonyl (C=O) groups excluding carboxylic acids is 2. The highest BCUT2D eigenvalue weighted by atomic mass is 19.4. The average Bonchev–Trinajstić information content (AvgIpc) is 3.74. The zero-order valence-corrected chi connectivity index (χ0v) is 34.3. The number of benzene rings is 8. The van der Waals surface area contributed by atoms with Crippen molar-refractivity contribution in [3.63, 3.8) is 0 Å². The normalized spacial score (nSPS) is 13.6. The Hall–Kier alpha value is -7.52. The summed E-state index contributed by atoms with van der Waals surface area (Å²) in [7, 11) is 0. The first-order valence-electron chi connectivity index (χ1n) is 20.6. The Morgan fingerprint density at radius 2 is 0.875 bits per heavy atom. The van der Waals surface area contributed by atoms with Gasteiger partial charge in [-0.15, -0.1) is 0 Å². The van der Waals surface area contributed by atoms with Gasteiger partial charge in [-0.2, -0.15) is 26.3 Å². The van der Waals surface area contributed by atoms with Gasteiger partial charge in [-0.1, -0.05) is 115 Å². The first-order valence-corrected chi connectivity index (χ1v) is 20.6. The van der Waals surface area contributed by atoms with Gasteiger partial charge in [-0.3, -0.25) is 9.59 Å². The molecule has 64 heavy (non-hydrogen) atoms. The van der Waals surface area contributed by atoms with Crippen molar-refractivity contribution in [1.29, 1.82) is 0 Å². The van der Waals surface area contributed by atoms with Crippen LogP contribution >= 0.6 is 0 Å². The monoisotopic (exact) mass is 855 g/mol. The van der Waals surface area contributed by atoms with Crippen LogP contribution in [-0.2, 0) is 12.4 Å². The van der Waals surface area contributed by atoms with Crippen molar-refractivity contribution in [2.24, 2.45) is 0 Å². The maximum atomic E-state index is 15.0. The van der Waals surface area contributed by atoms with E-state index >= 15 is 4.79 Å². The molecule has 2 amide bonds. The van der Waals surface area contributed by atoms with Gasteiger partial charge in [0.2, 0.25) is 0 Å². The van der Waals surface area contributed by atoms with Crippen LogP contribution in [0, 0.1) is 13.8 Å². The van der Waals surface area contributed by atoms with E-state index in [1.54, 1.807) is 68.4 Å².